The molecule has 2 aliphatic heterocycles. The second-order valence-electron chi connectivity index (χ2n) is 9.04. The highest BCUT2D eigenvalue weighted by Gasteiger charge is 2.55. The molecule has 1 aromatic carbocycles. The van der Waals surface area contributed by atoms with E-state index in [-0.39, 0.29) is 5.78 Å². The van der Waals surface area contributed by atoms with Gasteiger partial charge in [0, 0.05) is 31.6 Å². The van der Waals surface area contributed by atoms with Crippen LogP contribution in [0.3, 0.4) is 0 Å². The fourth-order valence-electron chi connectivity index (χ4n) is 5.02. The van der Waals surface area contributed by atoms with Crippen LogP contribution in [-0.2, 0) is 6.42 Å². The van der Waals surface area contributed by atoms with Gasteiger partial charge in [-0.25, -0.2) is 0 Å². The summed E-state index contributed by atoms with van der Waals surface area (Å²) in [5.41, 5.74) is 7.47. The summed E-state index contributed by atoms with van der Waals surface area (Å²) in [5.74, 6) is 2.75. The molecule has 0 bridgehead atoms. The fraction of sp³-hybridized carbons (Fsp3) is 0.667. The van der Waals surface area contributed by atoms with Gasteiger partial charge in [-0.3, -0.25) is 9.69 Å². The van der Waals surface area contributed by atoms with Crippen molar-refractivity contribution in [2.24, 2.45) is 17.8 Å². The third-order valence-electron chi connectivity index (χ3n) is 6.25. The number of hydrogen-bond donors (Lipinski definition) is 2. The number of anilines is 1. The average Bonchev–Trinajstić information content (AvgIpc) is 3.06. The van der Waals surface area contributed by atoms with Crippen LogP contribution in [0.1, 0.15) is 49.0 Å². The van der Waals surface area contributed by atoms with Crippen molar-refractivity contribution >= 4 is 23.1 Å². The van der Waals surface area contributed by atoms with E-state index in [1.807, 2.05) is 13.8 Å². The summed E-state index contributed by atoms with van der Waals surface area (Å²) in [6.07, 6.45) is 3.16. The second-order valence-corrected chi connectivity index (χ2v) is 9.45. The number of nitrogens with zero attached hydrogens (tertiary/aromatic N) is 1. The van der Waals surface area contributed by atoms with Crippen LogP contribution in [0.2, 0.25) is 5.02 Å². The lowest BCUT2D eigenvalue weighted by Gasteiger charge is -2.27. The minimum atomic E-state index is -0.643. The third kappa shape index (κ3) is 3.82. The Morgan fingerprint density at radius 3 is 2.78 bits per heavy atom. The quantitative estimate of drug-likeness (QED) is 0.574. The Labute approximate surface area is 165 Å². The van der Waals surface area contributed by atoms with Gasteiger partial charge in [-0.15, -0.1) is 0 Å². The topological polar surface area (TPSA) is 75.8 Å². The number of ether oxygens (including phenoxy) is 1. The molecule has 0 radical (unpaired) electrons. The predicted molar refractivity (Wildman–Crippen MR) is 106 cm³/mol. The average molecular weight is 393 g/mol. The zero-order valence-corrected chi connectivity index (χ0v) is 16.9. The minimum Gasteiger partial charge on any atom is -0.492 e. The highest BCUT2D eigenvalue weighted by Crippen LogP contribution is 2.54. The Balaban J connectivity index is 1.35. The summed E-state index contributed by atoms with van der Waals surface area (Å²) >= 11 is 6.26. The van der Waals surface area contributed by atoms with Gasteiger partial charge in [0.2, 0.25) is 0 Å². The number of halogens is 1. The van der Waals surface area contributed by atoms with Gasteiger partial charge in [0.05, 0.1) is 28.5 Å². The summed E-state index contributed by atoms with van der Waals surface area (Å²) in [6.45, 7) is 7.14. The number of nitrogens with two attached hydrogens (primary N) is 1. The van der Waals surface area contributed by atoms with E-state index in [9.17, 15) is 9.90 Å². The number of carbonyl (C=O) groups excluding carboxylic acids is 1. The van der Waals surface area contributed by atoms with E-state index in [1.54, 1.807) is 6.07 Å². The molecule has 3 aliphatic rings. The lowest BCUT2D eigenvalue weighted by molar-refractivity contribution is 0.0388. The van der Waals surface area contributed by atoms with E-state index >= 15 is 0 Å². The number of Topliss-reactive ketones (excluding diaryl/α,β-unsaturated/α-hetero) is 1. The lowest BCUT2D eigenvalue weighted by Crippen LogP contribution is -2.38. The van der Waals surface area contributed by atoms with Crippen LogP contribution in [0, 0.1) is 17.8 Å². The normalized spacial score (nSPS) is 27.0. The highest BCUT2D eigenvalue weighted by molar-refractivity contribution is 6.33. The smallest absolute Gasteiger partial charge is 0.166 e. The number of ketones is 1. The van der Waals surface area contributed by atoms with Gasteiger partial charge in [0.25, 0.3) is 0 Å². The maximum atomic E-state index is 12.9. The van der Waals surface area contributed by atoms with Crippen molar-refractivity contribution in [3.8, 4) is 5.75 Å². The number of likely N-dealkylation sites (tertiary alicyclic amines) is 1. The number of β-amino-alcohol motifs (C(OH)–C–C–N with tert-alkyl or cyclic N) is 1. The van der Waals surface area contributed by atoms with Crippen molar-refractivity contribution in [1.29, 1.82) is 0 Å². The van der Waals surface area contributed by atoms with Crippen molar-refractivity contribution in [1.82, 2.24) is 4.90 Å². The summed E-state index contributed by atoms with van der Waals surface area (Å²) in [5, 5.41) is 10.4. The summed E-state index contributed by atoms with van der Waals surface area (Å²) in [7, 11) is 0. The standard InChI is InChI=1S/C21H29ClN2O3/c1-21(2,26)11-24-9-15-12(16(15)10-24)5-6-18(25)14-8-17(22)19(23)13-4-3-7-27-20(13)14/h8,12,15-16,26H,3-7,9-11,23H2,1-2H3. The van der Waals surface area contributed by atoms with Crippen LogP contribution < -0.4 is 10.5 Å². The van der Waals surface area contributed by atoms with Crippen molar-refractivity contribution < 1.29 is 14.6 Å². The number of fused-ring (bicyclic) bond motifs is 2. The lowest BCUT2D eigenvalue weighted by atomic mass is 9.95. The van der Waals surface area contributed by atoms with Gasteiger partial charge in [0.1, 0.15) is 5.75 Å². The molecule has 1 saturated carbocycles. The Bertz CT molecular complexity index is 747. The first-order chi connectivity index (χ1) is 12.7. The molecule has 6 heteroatoms. The molecule has 0 aromatic heterocycles. The van der Waals surface area contributed by atoms with Crippen LogP contribution >= 0.6 is 11.6 Å². The third-order valence-corrected chi connectivity index (χ3v) is 6.57. The number of aliphatic hydroxyl groups is 1. The van der Waals surface area contributed by atoms with E-state index in [4.69, 9.17) is 22.1 Å². The van der Waals surface area contributed by atoms with E-state index in [2.05, 4.69) is 4.90 Å². The first-order valence-corrected chi connectivity index (χ1v) is 10.3. The molecule has 2 atom stereocenters. The largest absolute Gasteiger partial charge is 0.492 e. The first kappa shape index (κ1) is 19.0. The van der Waals surface area contributed by atoms with Crippen molar-refractivity contribution in [2.75, 3.05) is 32.0 Å². The summed E-state index contributed by atoms with van der Waals surface area (Å²) in [4.78, 5) is 15.2. The SMILES string of the molecule is CC(C)(O)CN1CC2C(CCC(=O)c3cc(Cl)c(N)c4c3OCCC4)C2C1. The Hall–Kier alpha value is -1.30. The van der Waals surface area contributed by atoms with E-state index < -0.39 is 5.60 Å². The molecule has 1 aromatic rings. The molecule has 2 heterocycles. The molecule has 1 saturated heterocycles. The number of piperidine rings is 1. The van der Waals surface area contributed by atoms with Crippen LogP contribution in [0.5, 0.6) is 5.75 Å². The summed E-state index contributed by atoms with van der Waals surface area (Å²) < 4.78 is 5.78. The number of hydrogen-bond acceptors (Lipinski definition) is 5. The Kier molecular flexibility index (Phi) is 4.90. The van der Waals surface area contributed by atoms with Crippen LogP contribution in [0.15, 0.2) is 6.07 Å². The summed E-state index contributed by atoms with van der Waals surface area (Å²) in [6, 6.07) is 1.68. The maximum Gasteiger partial charge on any atom is 0.166 e. The monoisotopic (exact) mass is 392 g/mol. The van der Waals surface area contributed by atoms with E-state index in [0.29, 0.717) is 52.8 Å². The molecule has 148 valence electrons. The van der Waals surface area contributed by atoms with Gasteiger partial charge in [-0.1, -0.05) is 11.6 Å². The zero-order valence-electron chi connectivity index (χ0n) is 16.1. The minimum absolute atomic E-state index is 0.105. The molecule has 1 aliphatic carbocycles. The molecule has 3 N–H and O–H groups in total. The molecule has 2 unspecified atom stereocenters. The highest BCUT2D eigenvalue weighted by atomic mass is 35.5. The van der Waals surface area contributed by atoms with Gasteiger partial charge in [0.15, 0.2) is 5.78 Å². The number of rotatable bonds is 6. The zero-order chi connectivity index (χ0) is 19.3. The Morgan fingerprint density at radius 2 is 2.11 bits per heavy atom. The second kappa shape index (κ2) is 6.94. The Morgan fingerprint density at radius 1 is 1.41 bits per heavy atom. The van der Waals surface area contributed by atoms with Gasteiger partial charge in [-0.05, 0) is 56.9 Å². The van der Waals surface area contributed by atoms with Crippen molar-refractivity contribution in [2.45, 2.75) is 45.1 Å². The molecular formula is C21H29ClN2O3. The molecule has 0 amide bonds. The molecule has 5 nitrogen and oxygen atoms in total. The van der Waals surface area contributed by atoms with Crippen LogP contribution in [0.4, 0.5) is 5.69 Å². The first-order valence-electron chi connectivity index (χ1n) is 9.96. The molecule has 4 rings (SSSR count). The van der Waals surface area contributed by atoms with Crippen LogP contribution in [0.25, 0.3) is 0 Å². The van der Waals surface area contributed by atoms with Crippen molar-refractivity contribution in [3.05, 3.63) is 22.2 Å². The van der Waals surface area contributed by atoms with Gasteiger partial charge >= 0.3 is 0 Å². The number of nitrogen functional groups attached to an aromatic ring is 1. The van der Waals surface area contributed by atoms with Gasteiger partial charge < -0.3 is 15.6 Å². The van der Waals surface area contributed by atoms with Gasteiger partial charge in [-0.2, -0.15) is 0 Å². The predicted octanol–water partition coefficient (Wildman–Crippen LogP) is 3.16. The number of benzene rings is 1. The fourth-order valence-corrected chi connectivity index (χ4v) is 5.24. The maximum absolute atomic E-state index is 12.9. The van der Waals surface area contributed by atoms with Crippen molar-refractivity contribution in [3.63, 3.8) is 0 Å². The van der Waals surface area contributed by atoms with E-state index in [0.717, 1.165) is 44.5 Å². The van der Waals surface area contributed by atoms with E-state index in [1.165, 1.54) is 0 Å². The molecular weight excluding hydrogens is 364 g/mol. The molecule has 2 fully saturated rings. The molecule has 27 heavy (non-hydrogen) atoms. The van der Waals surface area contributed by atoms with Crippen LogP contribution in [-0.4, -0.2) is 47.6 Å². The molecule has 0 spiro atoms. The number of carbonyl (C=O) groups is 1.